The topological polar surface area (TPSA) is 80.3 Å². The van der Waals surface area contributed by atoms with Crippen LogP contribution in [0.1, 0.15) is 40.5 Å². The minimum absolute atomic E-state index is 0.0443. The molecule has 0 unspecified atom stereocenters. The van der Waals surface area contributed by atoms with Gasteiger partial charge in [-0.2, -0.15) is 0 Å². The summed E-state index contributed by atoms with van der Waals surface area (Å²) in [4.78, 5) is 44.2. The van der Waals surface area contributed by atoms with Crippen molar-refractivity contribution in [2.75, 3.05) is 6.54 Å². The number of ketones is 2. The van der Waals surface area contributed by atoms with E-state index in [2.05, 4.69) is 5.32 Å². The number of rotatable bonds is 7. The highest BCUT2D eigenvalue weighted by Gasteiger charge is 2.23. The summed E-state index contributed by atoms with van der Waals surface area (Å²) in [6.07, 6.45) is 0.00393. The Morgan fingerprint density at radius 3 is 2.06 bits per heavy atom. The molecule has 0 aromatic rings. The quantitative estimate of drug-likeness (QED) is 0.703. The van der Waals surface area contributed by atoms with Crippen LogP contribution >= 0.6 is 11.8 Å². The smallest absolute Gasteiger partial charge is 0.216 e. The monoisotopic (exact) mass is 273 g/mol. The van der Waals surface area contributed by atoms with Crippen molar-refractivity contribution in [3.63, 3.8) is 0 Å². The van der Waals surface area contributed by atoms with Crippen molar-refractivity contribution in [1.29, 1.82) is 0 Å². The van der Waals surface area contributed by atoms with E-state index in [1.54, 1.807) is 0 Å². The van der Waals surface area contributed by atoms with Gasteiger partial charge in [-0.25, -0.2) is 0 Å². The number of carbonyl (C=O) groups excluding carboxylic acids is 4. The average molecular weight is 273 g/mol. The summed E-state index contributed by atoms with van der Waals surface area (Å²) in [6.45, 7) is 6.64. The first-order valence-electron chi connectivity index (χ1n) is 5.64. The van der Waals surface area contributed by atoms with Crippen LogP contribution in [0, 0.1) is 0 Å². The molecule has 18 heavy (non-hydrogen) atoms. The molecule has 0 atom stereocenters. The second-order valence-corrected chi connectivity index (χ2v) is 6.39. The molecule has 102 valence electrons. The van der Waals surface area contributed by atoms with Crippen LogP contribution in [0.2, 0.25) is 0 Å². The number of carbonyl (C=O) groups is 4. The minimum Gasteiger partial charge on any atom is -0.355 e. The lowest BCUT2D eigenvalue weighted by molar-refractivity contribution is -0.135. The van der Waals surface area contributed by atoms with E-state index in [0.29, 0.717) is 6.54 Å². The first-order valence-corrected chi connectivity index (χ1v) is 6.46. The molecule has 0 aromatic heterocycles. The highest BCUT2D eigenvalue weighted by atomic mass is 32.2. The molecule has 0 aliphatic carbocycles. The number of thioether (sulfide) groups is 1. The van der Waals surface area contributed by atoms with Crippen LogP contribution in [0.3, 0.4) is 0 Å². The molecule has 0 aliphatic rings. The molecule has 0 rings (SSSR count). The van der Waals surface area contributed by atoms with Gasteiger partial charge in [0.25, 0.3) is 0 Å². The van der Waals surface area contributed by atoms with Crippen molar-refractivity contribution in [3.05, 3.63) is 0 Å². The summed E-state index contributed by atoms with van der Waals surface area (Å²) in [6, 6.07) is 0. The molecule has 0 aromatic carbocycles. The molecular weight excluding hydrogens is 254 g/mol. The van der Waals surface area contributed by atoms with E-state index >= 15 is 0 Å². The van der Waals surface area contributed by atoms with Crippen molar-refractivity contribution in [3.8, 4) is 0 Å². The molecule has 1 N–H and O–H groups in total. The van der Waals surface area contributed by atoms with Gasteiger partial charge in [0.1, 0.15) is 0 Å². The number of hydrogen-bond acceptors (Lipinski definition) is 5. The third-order valence-corrected chi connectivity index (χ3v) is 3.23. The molecule has 0 fully saturated rings. The van der Waals surface area contributed by atoms with Gasteiger partial charge in [-0.1, -0.05) is 11.8 Å². The SMILES string of the molecule is CC(=O)NCC(C)(C)SC(=O)CCC(=O)C(C)=O. The summed E-state index contributed by atoms with van der Waals surface area (Å²) >= 11 is 1.08. The van der Waals surface area contributed by atoms with Crippen molar-refractivity contribution < 1.29 is 19.2 Å². The van der Waals surface area contributed by atoms with E-state index in [9.17, 15) is 19.2 Å². The standard InChI is InChI=1S/C12H19NO4S/c1-8(14)10(16)5-6-11(17)18-12(3,4)7-13-9(2)15/h5-7H2,1-4H3,(H,13,15). The molecule has 0 radical (unpaired) electrons. The van der Waals surface area contributed by atoms with Crippen LogP contribution in [0.25, 0.3) is 0 Å². The first kappa shape index (κ1) is 16.8. The molecule has 0 spiro atoms. The second-order valence-electron chi connectivity index (χ2n) is 4.62. The van der Waals surface area contributed by atoms with Gasteiger partial charge in [-0.05, 0) is 13.8 Å². The van der Waals surface area contributed by atoms with Crippen molar-refractivity contribution in [2.45, 2.75) is 45.3 Å². The van der Waals surface area contributed by atoms with Crippen LogP contribution in [0.15, 0.2) is 0 Å². The Morgan fingerprint density at radius 1 is 1.06 bits per heavy atom. The van der Waals surface area contributed by atoms with Gasteiger partial charge in [0, 0.05) is 38.0 Å². The van der Waals surface area contributed by atoms with E-state index in [0.717, 1.165) is 11.8 Å². The number of nitrogens with one attached hydrogen (secondary N) is 1. The van der Waals surface area contributed by atoms with E-state index < -0.39 is 16.3 Å². The van der Waals surface area contributed by atoms with Crippen molar-refractivity contribution in [2.24, 2.45) is 0 Å². The van der Waals surface area contributed by atoms with Gasteiger partial charge in [0.15, 0.2) is 16.7 Å². The van der Waals surface area contributed by atoms with E-state index in [4.69, 9.17) is 0 Å². The summed E-state index contributed by atoms with van der Waals surface area (Å²) in [7, 11) is 0. The van der Waals surface area contributed by atoms with Crippen molar-refractivity contribution >= 4 is 34.4 Å². The fraction of sp³-hybridized carbons (Fsp3) is 0.667. The Kier molecular flexibility index (Phi) is 6.83. The van der Waals surface area contributed by atoms with Crippen LogP contribution in [0.4, 0.5) is 0 Å². The lowest BCUT2D eigenvalue weighted by atomic mass is 10.2. The normalized spacial score (nSPS) is 10.9. The fourth-order valence-electron chi connectivity index (χ4n) is 1.12. The Hall–Kier alpha value is -1.17. The Morgan fingerprint density at radius 2 is 1.61 bits per heavy atom. The van der Waals surface area contributed by atoms with Crippen LogP contribution < -0.4 is 5.32 Å². The summed E-state index contributed by atoms with van der Waals surface area (Å²) in [5.41, 5.74) is 0. The van der Waals surface area contributed by atoms with Gasteiger partial charge in [0.05, 0.1) is 0 Å². The number of amides is 1. The van der Waals surface area contributed by atoms with Crippen LogP contribution in [-0.2, 0) is 19.2 Å². The summed E-state index contributed by atoms with van der Waals surface area (Å²) < 4.78 is -0.429. The maximum atomic E-state index is 11.6. The molecule has 0 aliphatic heterocycles. The molecule has 0 bridgehead atoms. The first-order chi connectivity index (χ1) is 8.14. The second kappa shape index (κ2) is 7.31. The van der Waals surface area contributed by atoms with Gasteiger partial charge in [0.2, 0.25) is 5.91 Å². The molecule has 0 saturated carbocycles. The van der Waals surface area contributed by atoms with E-state index in [1.165, 1.54) is 13.8 Å². The van der Waals surface area contributed by atoms with Crippen LogP contribution in [-0.4, -0.2) is 33.9 Å². The molecular formula is C12H19NO4S. The molecule has 6 heteroatoms. The number of hydrogen-bond donors (Lipinski definition) is 1. The predicted octanol–water partition coefficient (Wildman–Crippen LogP) is 1.10. The minimum atomic E-state index is -0.524. The largest absolute Gasteiger partial charge is 0.355 e. The van der Waals surface area contributed by atoms with Crippen LogP contribution in [0.5, 0.6) is 0 Å². The lowest BCUT2D eigenvalue weighted by Gasteiger charge is -2.22. The Balaban J connectivity index is 4.10. The van der Waals surface area contributed by atoms with Gasteiger partial charge < -0.3 is 5.32 Å². The third kappa shape index (κ3) is 8.00. The van der Waals surface area contributed by atoms with Gasteiger partial charge in [-0.3, -0.25) is 19.2 Å². The molecule has 5 nitrogen and oxygen atoms in total. The van der Waals surface area contributed by atoms with E-state index in [-0.39, 0.29) is 23.9 Å². The number of Topliss-reactive ketones (excluding diaryl/α,β-unsaturated/α-hetero) is 2. The summed E-state index contributed by atoms with van der Waals surface area (Å²) in [5.74, 6) is -1.20. The molecule has 1 amide bonds. The summed E-state index contributed by atoms with van der Waals surface area (Å²) in [5, 5.41) is 2.49. The highest BCUT2D eigenvalue weighted by molar-refractivity contribution is 8.14. The maximum Gasteiger partial charge on any atom is 0.216 e. The zero-order chi connectivity index (χ0) is 14.3. The predicted molar refractivity (Wildman–Crippen MR) is 70.3 cm³/mol. The van der Waals surface area contributed by atoms with E-state index in [1.807, 2.05) is 13.8 Å². The Labute approximate surface area is 111 Å². The van der Waals surface area contributed by atoms with Gasteiger partial charge >= 0.3 is 0 Å². The molecule has 0 heterocycles. The Bertz CT molecular complexity index is 363. The lowest BCUT2D eigenvalue weighted by Crippen LogP contribution is -2.35. The van der Waals surface area contributed by atoms with Crippen molar-refractivity contribution in [1.82, 2.24) is 5.32 Å². The zero-order valence-electron chi connectivity index (χ0n) is 11.2. The fourth-order valence-corrected chi connectivity index (χ4v) is 2.09. The molecule has 0 saturated heterocycles. The zero-order valence-corrected chi connectivity index (χ0v) is 12.0. The average Bonchev–Trinajstić information content (AvgIpc) is 2.22. The third-order valence-electron chi connectivity index (χ3n) is 2.10. The van der Waals surface area contributed by atoms with Gasteiger partial charge in [-0.15, -0.1) is 0 Å². The maximum absolute atomic E-state index is 11.6. The highest BCUT2D eigenvalue weighted by Crippen LogP contribution is 2.25.